The Bertz CT molecular complexity index is 1320. The highest BCUT2D eigenvalue weighted by molar-refractivity contribution is 5.90. The zero-order chi connectivity index (χ0) is 32.8. The van der Waals surface area contributed by atoms with Crippen molar-refractivity contribution in [2.24, 2.45) is 0 Å². The Balaban J connectivity index is 0.000000287. The Hall–Kier alpha value is -5.01. The number of carboxylic acid groups (broad SMARTS) is 4. The highest BCUT2D eigenvalue weighted by Gasteiger charge is 2.36. The third-order valence-corrected chi connectivity index (χ3v) is 7.61. The fourth-order valence-corrected chi connectivity index (χ4v) is 5.53. The number of benzene rings is 2. The van der Waals surface area contributed by atoms with Gasteiger partial charge in [0.05, 0.1) is 0 Å². The normalized spacial score (nSPS) is 19.6. The van der Waals surface area contributed by atoms with Crippen LogP contribution in [0.3, 0.4) is 0 Å². The number of carbonyl (C=O) groups excluding carboxylic acids is 1. The van der Waals surface area contributed by atoms with Gasteiger partial charge in [-0.2, -0.15) is 0 Å². The van der Waals surface area contributed by atoms with Crippen molar-refractivity contribution in [2.45, 2.75) is 18.4 Å². The number of urea groups is 1. The molecule has 3 aliphatic rings. The number of nitrogens with one attached hydrogen (secondary N) is 1. The first kappa shape index (κ1) is 34.5. The summed E-state index contributed by atoms with van der Waals surface area (Å²) >= 11 is 0. The van der Waals surface area contributed by atoms with Gasteiger partial charge in [-0.25, -0.2) is 24.0 Å². The van der Waals surface area contributed by atoms with Crippen molar-refractivity contribution in [1.82, 2.24) is 20.0 Å². The van der Waals surface area contributed by atoms with E-state index in [0.29, 0.717) is 36.3 Å². The molecule has 0 bridgehead atoms. The maximum atomic E-state index is 11.7. The van der Waals surface area contributed by atoms with Crippen molar-refractivity contribution in [3.63, 3.8) is 0 Å². The maximum Gasteiger partial charge on any atom is 0.328 e. The van der Waals surface area contributed by atoms with E-state index in [1.54, 1.807) is 0 Å². The molecular weight excluding hydrogens is 584 g/mol. The van der Waals surface area contributed by atoms with E-state index in [1.807, 2.05) is 4.90 Å². The number of carbonyl (C=O) groups is 5. The molecule has 2 aromatic carbocycles. The average molecular weight is 623 g/mol. The van der Waals surface area contributed by atoms with E-state index in [1.165, 1.54) is 23.1 Å². The second-order valence-corrected chi connectivity index (χ2v) is 10.5. The number of amides is 2. The molecule has 1 aliphatic carbocycles. The van der Waals surface area contributed by atoms with Gasteiger partial charge in [-0.1, -0.05) is 54.6 Å². The molecule has 2 heterocycles. The minimum atomic E-state index is -1.26. The first-order valence-corrected chi connectivity index (χ1v) is 14.5. The highest BCUT2D eigenvalue weighted by Crippen LogP contribution is 2.46. The zero-order valence-electron chi connectivity index (χ0n) is 24.7. The minimum Gasteiger partial charge on any atom is -0.478 e. The molecule has 2 amide bonds. The second-order valence-electron chi connectivity index (χ2n) is 10.5. The molecular formula is C32H38N4O9. The van der Waals surface area contributed by atoms with E-state index in [-0.39, 0.29) is 6.03 Å². The van der Waals surface area contributed by atoms with Crippen LogP contribution >= 0.6 is 0 Å². The van der Waals surface area contributed by atoms with Crippen LogP contribution in [0, 0.1) is 0 Å². The molecule has 240 valence electrons. The van der Waals surface area contributed by atoms with Crippen molar-refractivity contribution in [1.29, 1.82) is 0 Å². The molecule has 2 atom stereocenters. The number of fused-ring (bicyclic) bond motifs is 1. The maximum absolute atomic E-state index is 11.7. The summed E-state index contributed by atoms with van der Waals surface area (Å²) in [5, 5.41) is 34.1. The third kappa shape index (κ3) is 11.2. The monoisotopic (exact) mass is 622 g/mol. The summed E-state index contributed by atoms with van der Waals surface area (Å²) in [7, 11) is 0. The van der Waals surface area contributed by atoms with E-state index in [0.717, 1.165) is 52.4 Å². The lowest BCUT2D eigenvalue weighted by Gasteiger charge is -2.39. The molecule has 2 aromatic rings. The third-order valence-electron chi connectivity index (χ3n) is 7.61. The van der Waals surface area contributed by atoms with Gasteiger partial charge in [-0.15, -0.1) is 0 Å². The summed E-state index contributed by atoms with van der Waals surface area (Å²) in [6.07, 6.45) is 3.41. The predicted molar refractivity (Wildman–Crippen MR) is 164 cm³/mol. The molecule has 0 radical (unpaired) electrons. The van der Waals surface area contributed by atoms with Crippen LogP contribution in [0.4, 0.5) is 4.79 Å². The summed E-state index contributed by atoms with van der Waals surface area (Å²) in [6.45, 7) is 7.84. The smallest absolute Gasteiger partial charge is 0.328 e. The molecule has 45 heavy (non-hydrogen) atoms. The first-order chi connectivity index (χ1) is 21.5. The zero-order valence-corrected chi connectivity index (χ0v) is 24.7. The molecule has 0 spiro atoms. The quantitative estimate of drug-likeness (QED) is 0.258. The Morgan fingerprint density at radius 2 is 1.20 bits per heavy atom. The Labute approximate surface area is 260 Å². The van der Waals surface area contributed by atoms with Gasteiger partial charge >= 0.3 is 29.9 Å². The van der Waals surface area contributed by atoms with E-state index in [2.05, 4.69) is 69.7 Å². The van der Waals surface area contributed by atoms with Crippen LogP contribution in [0.15, 0.2) is 78.9 Å². The van der Waals surface area contributed by atoms with Crippen molar-refractivity contribution in [2.75, 3.05) is 52.4 Å². The fourth-order valence-electron chi connectivity index (χ4n) is 5.53. The molecule has 13 nitrogen and oxygen atoms in total. The summed E-state index contributed by atoms with van der Waals surface area (Å²) in [5.74, 6) is -4.52. The number of carboxylic acids is 4. The Morgan fingerprint density at radius 1 is 0.689 bits per heavy atom. The fraction of sp³-hybridized carbons (Fsp3) is 0.344. The van der Waals surface area contributed by atoms with Crippen LogP contribution < -0.4 is 5.32 Å². The Kier molecular flexibility index (Phi) is 13.3. The van der Waals surface area contributed by atoms with Gasteiger partial charge in [0, 0.05) is 88.6 Å². The lowest BCUT2D eigenvalue weighted by Crippen LogP contribution is -2.49. The SMILES string of the molecule is O=C(O)/C=C\C(=O)O.O=C(O)/C=C\C(=O)O.O=C1NCCN1CCN1CCN(C2CC(c3ccccc3)c3ccccc32)CC1. The van der Waals surface area contributed by atoms with Gasteiger partial charge < -0.3 is 30.6 Å². The van der Waals surface area contributed by atoms with Crippen LogP contribution in [0.25, 0.3) is 0 Å². The van der Waals surface area contributed by atoms with Gasteiger partial charge in [0.2, 0.25) is 0 Å². The van der Waals surface area contributed by atoms with Crippen molar-refractivity contribution < 1.29 is 44.4 Å². The molecule has 0 aromatic heterocycles. The molecule has 0 saturated carbocycles. The lowest BCUT2D eigenvalue weighted by molar-refractivity contribution is -0.134. The van der Waals surface area contributed by atoms with E-state index < -0.39 is 23.9 Å². The first-order valence-electron chi connectivity index (χ1n) is 14.5. The van der Waals surface area contributed by atoms with Gasteiger partial charge in [-0.05, 0) is 23.1 Å². The number of aliphatic carboxylic acids is 4. The number of piperazine rings is 1. The predicted octanol–water partition coefficient (Wildman–Crippen LogP) is 2.33. The largest absolute Gasteiger partial charge is 0.478 e. The highest BCUT2D eigenvalue weighted by atomic mass is 16.4. The lowest BCUT2D eigenvalue weighted by atomic mass is 9.93. The topological polar surface area (TPSA) is 188 Å². The van der Waals surface area contributed by atoms with Crippen LogP contribution in [-0.4, -0.2) is 117 Å². The molecule has 5 rings (SSSR count). The van der Waals surface area contributed by atoms with E-state index in [4.69, 9.17) is 20.4 Å². The van der Waals surface area contributed by atoms with Gasteiger partial charge in [0.15, 0.2) is 0 Å². The number of hydrogen-bond acceptors (Lipinski definition) is 7. The summed E-state index contributed by atoms with van der Waals surface area (Å²) in [6, 6.07) is 20.6. The van der Waals surface area contributed by atoms with E-state index in [9.17, 15) is 24.0 Å². The second kappa shape index (κ2) is 17.3. The summed E-state index contributed by atoms with van der Waals surface area (Å²) in [5.41, 5.74) is 4.46. The minimum absolute atomic E-state index is 0.0955. The van der Waals surface area contributed by atoms with Crippen LogP contribution in [0.5, 0.6) is 0 Å². The van der Waals surface area contributed by atoms with Gasteiger partial charge in [0.25, 0.3) is 0 Å². The summed E-state index contributed by atoms with van der Waals surface area (Å²) < 4.78 is 0. The molecule has 2 fully saturated rings. The molecule has 5 N–H and O–H groups in total. The van der Waals surface area contributed by atoms with Crippen LogP contribution in [-0.2, 0) is 19.2 Å². The van der Waals surface area contributed by atoms with Crippen molar-refractivity contribution in [3.8, 4) is 0 Å². The Morgan fingerprint density at radius 3 is 1.69 bits per heavy atom. The molecule has 13 heteroatoms. The van der Waals surface area contributed by atoms with Crippen molar-refractivity contribution in [3.05, 3.63) is 95.6 Å². The molecule has 2 saturated heterocycles. The van der Waals surface area contributed by atoms with E-state index >= 15 is 0 Å². The molecule has 2 unspecified atom stereocenters. The van der Waals surface area contributed by atoms with Gasteiger partial charge in [-0.3, -0.25) is 9.80 Å². The van der Waals surface area contributed by atoms with Crippen LogP contribution in [0.1, 0.15) is 35.1 Å². The number of nitrogens with zero attached hydrogens (tertiary/aromatic N) is 3. The number of hydrogen-bond donors (Lipinski definition) is 5. The summed E-state index contributed by atoms with van der Waals surface area (Å²) in [4.78, 5) is 57.1. The van der Waals surface area contributed by atoms with Crippen molar-refractivity contribution >= 4 is 29.9 Å². The number of rotatable bonds is 9. The molecule has 2 aliphatic heterocycles. The van der Waals surface area contributed by atoms with Gasteiger partial charge in [0.1, 0.15) is 0 Å². The average Bonchev–Trinajstić information content (AvgIpc) is 3.62. The standard InChI is InChI=1S/C24H30N4O.2C4H4O4/c29-24-25-10-11-28(24)17-14-26-12-15-27(16-13-26)23-18-22(19-6-2-1-3-7-19)20-8-4-5-9-21(20)23;2*5-3(6)1-2-4(7)8/h1-9,22-23H,10-18H2,(H,25,29);2*1-2H,(H,5,6)(H,7,8)/b;2*2-1-. The van der Waals surface area contributed by atoms with Crippen LogP contribution in [0.2, 0.25) is 0 Å².